The van der Waals surface area contributed by atoms with E-state index < -0.39 is 0 Å². The molecule has 2 rings (SSSR count). The van der Waals surface area contributed by atoms with Crippen LogP contribution in [0.3, 0.4) is 0 Å². The molecule has 0 aromatic carbocycles. The average molecular weight is 305 g/mol. The maximum atomic E-state index is 12.1. The highest BCUT2D eigenvalue weighted by atomic mass is 16.2. The molecule has 1 saturated heterocycles. The molecule has 2 heterocycles. The van der Waals surface area contributed by atoms with Crippen molar-refractivity contribution in [3.05, 3.63) is 29.6 Å². The number of carbonyl (C=O) groups excluding carboxylic acids is 2. The molecule has 0 radical (unpaired) electrons. The molecule has 1 aromatic heterocycles. The third-order valence-electron chi connectivity index (χ3n) is 3.65. The Morgan fingerprint density at radius 2 is 2.23 bits per heavy atom. The number of carbonyl (C=O) groups is 2. The zero-order valence-corrected chi connectivity index (χ0v) is 13.1. The minimum atomic E-state index is -0.218. The van der Waals surface area contributed by atoms with Gasteiger partial charge in [-0.3, -0.25) is 9.59 Å². The van der Waals surface area contributed by atoms with Gasteiger partial charge in [0.05, 0.1) is 18.3 Å². The minimum Gasteiger partial charge on any atom is -0.349 e. The second-order valence-corrected chi connectivity index (χ2v) is 5.26. The predicted octanol–water partition coefficient (Wildman–Crippen LogP) is -0.649. The number of nitrogens with zero attached hydrogens (tertiary/aromatic N) is 2. The van der Waals surface area contributed by atoms with E-state index in [2.05, 4.69) is 20.9 Å². The maximum absolute atomic E-state index is 12.1. The van der Waals surface area contributed by atoms with E-state index in [1.165, 1.54) is 0 Å². The average Bonchev–Trinajstić information content (AvgIpc) is 2.59. The number of rotatable bonds is 5. The number of hydrogen-bond donors (Lipinski definition) is 3. The van der Waals surface area contributed by atoms with Crippen LogP contribution in [0.1, 0.15) is 23.1 Å². The smallest absolute Gasteiger partial charge is 0.272 e. The molecule has 1 fully saturated rings. The molecule has 7 heteroatoms. The first-order valence-corrected chi connectivity index (χ1v) is 7.55. The van der Waals surface area contributed by atoms with Crippen LogP contribution in [0.5, 0.6) is 0 Å². The summed E-state index contributed by atoms with van der Waals surface area (Å²) in [5, 5.41) is 9.17. The lowest BCUT2D eigenvalue weighted by Gasteiger charge is -2.23. The van der Waals surface area contributed by atoms with Gasteiger partial charge in [-0.05, 0) is 19.1 Å². The summed E-state index contributed by atoms with van der Waals surface area (Å²) >= 11 is 0. The molecule has 0 aliphatic carbocycles. The van der Waals surface area contributed by atoms with E-state index in [4.69, 9.17) is 0 Å². The van der Waals surface area contributed by atoms with Crippen molar-refractivity contribution in [3.63, 3.8) is 0 Å². The standard InChI is InChI=1S/C15H23N5O2/c1-3-20(2)15(22)12-6-4-5-11(19-12)9-18-14(21)13-10-16-7-8-17-13/h4-6,13,16-17H,3,7-10H2,1-2H3,(H,18,21). The topological polar surface area (TPSA) is 86.4 Å². The summed E-state index contributed by atoms with van der Waals surface area (Å²) in [7, 11) is 1.74. The van der Waals surface area contributed by atoms with Gasteiger partial charge < -0.3 is 20.9 Å². The highest BCUT2D eigenvalue weighted by Crippen LogP contribution is 2.03. The van der Waals surface area contributed by atoms with Gasteiger partial charge in [-0.2, -0.15) is 0 Å². The van der Waals surface area contributed by atoms with E-state index in [1.54, 1.807) is 30.1 Å². The summed E-state index contributed by atoms with van der Waals surface area (Å²) in [5.41, 5.74) is 1.07. The van der Waals surface area contributed by atoms with Crippen LogP contribution in [0.15, 0.2) is 18.2 Å². The number of amides is 2. The van der Waals surface area contributed by atoms with Gasteiger partial charge in [0.25, 0.3) is 5.91 Å². The lowest BCUT2D eigenvalue weighted by Crippen LogP contribution is -2.55. The Labute approximate surface area is 130 Å². The molecular weight excluding hydrogens is 282 g/mol. The second kappa shape index (κ2) is 7.86. The number of piperazine rings is 1. The van der Waals surface area contributed by atoms with Gasteiger partial charge in [-0.1, -0.05) is 6.07 Å². The maximum Gasteiger partial charge on any atom is 0.272 e. The Hall–Kier alpha value is -1.99. The van der Waals surface area contributed by atoms with E-state index in [0.29, 0.717) is 31.0 Å². The van der Waals surface area contributed by atoms with Gasteiger partial charge >= 0.3 is 0 Å². The van der Waals surface area contributed by atoms with Crippen molar-refractivity contribution >= 4 is 11.8 Å². The highest BCUT2D eigenvalue weighted by molar-refractivity contribution is 5.92. The van der Waals surface area contributed by atoms with Crippen molar-refractivity contribution in [2.75, 3.05) is 33.2 Å². The van der Waals surface area contributed by atoms with Gasteiger partial charge in [0.1, 0.15) is 5.69 Å². The lowest BCUT2D eigenvalue weighted by atomic mass is 10.2. The van der Waals surface area contributed by atoms with Crippen molar-refractivity contribution in [3.8, 4) is 0 Å². The summed E-state index contributed by atoms with van der Waals surface area (Å²) < 4.78 is 0. The lowest BCUT2D eigenvalue weighted by molar-refractivity contribution is -0.123. The van der Waals surface area contributed by atoms with E-state index in [9.17, 15) is 9.59 Å². The number of pyridine rings is 1. The van der Waals surface area contributed by atoms with Crippen LogP contribution in [0.25, 0.3) is 0 Å². The quantitative estimate of drug-likeness (QED) is 0.673. The van der Waals surface area contributed by atoms with Crippen LogP contribution in [-0.2, 0) is 11.3 Å². The Morgan fingerprint density at radius 1 is 1.41 bits per heavy atom. The molecule has 1 aromatic rings. The van der Waals surface area contributed by atoms with E-state index >= 15 is 0 Å². The predicted molar refractivity (Wildman–Crippen MR) is 83.4 cm³/mol. The summed E-state index contributed by atoms with van der Waals surface area (Å²) in [6.07, 6.45) is 0. The van der Waals surface area contributed by atoms with Gasteiger partial charge in [-0.15, -0.1) is 0 Å². The molecular formula is C15H23N5O2. The van der Waals surface area contributed by atoms with Crippen LogP contribution < -0.4 is 16.0 Å². The molecule has 0 bridgehead atoms. The highest BCUT2D eigenvalue weighted by Gasteiger charge is 2.20. The molecule has 1 atom stereocenters. The summed E-state index contributed by atoms with van der Waals surface area (Å²) in [4.78, 5) is 30.0. The molecule has 1 unspecified atom stereocenters. The molecule has 1 aliphatic heterocycles. The van der Waals surface area contributed by atoms with Crippen LogP contribution >= 0.6 is 0 Å². The molecule has 3 N–H and O–H groups in total. The number of nitrogens with one attached hydrogen (secondary N) is 3. The van der Waals surface area contributed by atoms with E-state index in [-0.39, 0.29) is 17.9 Å². The van der Waals surface area contributed by atoms with Crippen LogP contribution in [0.4, 0.5) is 0 Å². The fraction of sp³-hybridized carbons (Fsp3) is 0.533. The van der Waals surface area contributed by atoms with E-state index in [0.717, 1.165) is 13.1 Å². The largest absolute Gasteiger partial charge is 0.349 e. The third kappa shape index (κ3) is 4.25. The van der Waals surface area contributed by atoms with Crippen LogP contribution in [0, 0.1) is 0 Å². The molecule has 0 saturated carbocycles. The SMILES string of the molecule is CCN(C)C(=O)c1cccc(CNC(=O)C2CNCCN2)n1. The summed E-state index contributed by atoms with van der Waals surface area (Å²) in [6.45, 7) is 5.13. The summed E-state index contributed by atoms with van der Waals surface area (Å²) in [5.74, 6) is -0.176. The Morgan fingerprint density at radius 3 is 2.91 bits per heavy atom. The zero-order valence-electron chi connectivity index (χ0n) is 13.1. The van der Waals surface area contributed by atoms with Crippen molar-refractivity contribution < 1.29 is 9.59 Å². The van der Waals surface area contributed by atoms with Crippen molar-refractivity contribution in [1.29, 1.82) is 0 Å². The van der Waals surface area contributed by atoms with Gasteiger partial charge in [-0.25, -0.2) is 4.98 Å². The van der Waals surface area contributed by atoms with E-state index in [1.807, 2.05) is 6.92 Å². The zero-order chi connectivity index (χ0) is 15.9. The molecule has 22 heavy (non-hydrogen) atoms. The van der Waals surface area contributed by atoms with Gasteiger partial charge in [0, 0.05) is 33.2 Å². The van der Waals surface area contributed by atoms with Crippen LogP contribution in [0.2, 0.25) is 0 Å². The van der Waals surface area contributed by atoms with Crippen molar-refractivity contribution in [1.82, 2.24) is 25.8 Å². The molecule has 7 nitrogen and oxygen atoms in total. The Bertz CT molecular complexity index is 528. The first-order chi connectivity index (χ1) is 10.6. The first kappa shape index (κ1) is 16.4. The Balaban J connectivity index is 1.92. The fourth-order valence-electron chi connectivity index (χ4n) is 2.18. The first-order valence-electron chi connectivity index (χ1n) is 7.55. The number of aromatic nitrogens is 1. The molecule has 120 valence electrons. The normalized spacial score (nSPS) is 17.8. The molecule has 2 amide bonds. The Kier molecular flexibility index (Phi) is 5.85. The van der Waals surface area contributed by atoms with Crippen molar-refractivity contribution in [2.24, 2.45) is 0 Å². The van der Waals surface area contributed by atoms with Gasteiger partial charge in [0.2, 0.25) is 5.91 Å². The van der Waals surface area contributed by atoms with Gasteiger partial charge in [0.15, 0.2) is 0 Å². The number of hydrogen-bond acceptors (Lipinski definition) is 5. The van der Waals surface area contributed by atoms with Crippen LogP contribution in [-0.4, -0.2) is 61.0 Å². The second-order valence-electron chi connectivity index (χ2n) is 5.26. The molecule has 0 spiro atoms. The fourth-order valence-corrected chi connectivity index (χ4v) is 2.18. The van der Waals surface area contributed by atoms with Crippen molar-refractivity contribution in [2.45, 2.75) is 19.5 Å². The third-order valence-corrected chi connectivity index (χ3v) is 3.65. The summed E-state index contributed by atoms with van der Waals surface area (Å²) in [6, 6.07) is 5.05. The monoisotopic (exact) mass is 305 g/mol. The molecule has 1 aliphatic rings. The minimum absolute atomic E-state index is 0.0589.